The number of hydrogen-bond donors (Lipinski definition) is 6. The molecule has 440 valence electrons. The van der Waals surface area contributed by atoms with E-state index in [2.05, 4.69) is 37.4 Å². The number of carboxylic acid groups (broad SMARTS) is 1. The predicted octanol–water partition coefficient (Wildman–Crippen LogP) is 6.95. The number of rotatable bonds is 20. The van der Waals surface area contributed by atoms with Gasteiger partial charge in [0.15, 0.2) is 5.78 Å². The average Bonchev–Trinajstić information content (AvgIpc) is 4.16. The fourth-order valence-corrected chi connectivity index (χ4v) is 10.2. The van der Waals surface area contributed by atoms with Gasteiger partial charge in [0, 0.05) is 73.8 Å². The normalized spacial score (nSPS) is 18.6. The van der Waals surface area contributed by atoms with Crippen LogP contribution in [0.4, 0.5) is 59.3 Å². The highest BCUT2D eigenvalue weighted by molar-refractivity contribution is 5.90. The number of anilines is 1. The summed E-state index contributed by atoms with van der Waals surface area (Å²) in [5.41, 5.74) is -5.40. The molecule has 3 fully saturated rings. The maximum atomic E-state index is 16.0. The minimum absolute atomic E-state index is 0.167. The molecule has 0 spiro atoms. The van der Waals surface area contributed by atoms with Gasteiger partial charge in [0.25, 0.3) is 0 Å². The number of nitrogens with one attached hydrogen (secondary N) is 4. The lowest BCUT2D eigenvalue weighted by Crippen LogP contribution is -2.63. The van der Waals surface area contributed by atoms with Crippen molar-refractivity contribution in [2.75, 3.05) is 51.3 Å². The van der Waals surface area contributed by atoms with E-state index in [9.17, 15) is 64.5 Å². The summed E-state index contributed by atoms with van der Waals surface area (Å²) in [4.78, 5) is 62.9. The molecule has 2 aromatic carbocycles. The van der Waals surface area contributed by atoms with Crippen LogP contribution in [-0.2, 0) is 27.3 Å². The summed E-state index contributed by atoms with van der Waals surface area (Å²) in [5, 5.41) is 33.0. The van der Waals surface area contributed by atoms with Crippen molar-refractivity contribution in [1.29, 1.82) is 0 Å². The van der Waals surface area contributed by atoms with Crippen molar-refractivity contribution >= 4 is 29.6 Å². The number of ketones is 1. The van der Waals surface area contributed by atoms with Crippen molar-refractivity contribution in [3.63, 3.8) is 0 Å². The zero-order chi connectivity index (χ0) is 59.5. The number of piperazine rings is 1. The molecule has 7 rings (SSSR count). The van der Waals surface area contributed by atoms with Gasteiger partial charge in [-0.25, -0.2) is 28.0 Å². The number of urea groups is 1. The summed E-state index contributed by atoms with van der Waals surface area (Å²) in [6.45, 7) is 0.792. The number of pyridine rings is 1. The van der Waals surface area contributed by atoms with Gasteiger partial charge >= 0.3 is 31.0 Å². The lowest BCUT2D eigenvalue weighted by molar-refractivity contribution is -0.220. The summed E-state index contributed by atoms with van der Waals surface area (Å²) in [6.07, 6.45) is -11.1. The maximum absolute atomic E-state index is 16.0. The molecule has 3 aliphatic rings. The molecule has 6 atom stereocenters. The van der Waals surface area contributed by atoms with E-state index in [1.54, 1.807) is 17.4 Å². The van der Waals surface area contributed by atoms with Crippen LogP contribution in [-0.4, -0.2) is 160 Å². The first-order valence-corrected chi connectivity index (χ1v) is 25.7. The highest BCUT2D eigenvalue weighted by atomic mass is 19.4. The van der Waals surface area contributed by atoms with Crippen LogP contribution < -0.4 is 26.2 Å². The van der Waals surface area contributed by atoms with Crippen LogP contribution in [0.2, 0.25) is 0 Å². The van der Waals surface area contributed by atoms with Gasteiger partial charge in [-0.05, 0) is 101 Å². The van der Waals surface area contributed by atoms with Crippen LogP contribution in [0.1, 0.15) is 75.0 Å². The molecule has 17 nitrogen and oxygen atoms in total. The van der Waals surface area contributed by atoms with Crippen molar-refractivity contribution in [2.24, 2.45) is 10.8 Å². The fourth-order valence-electron chi connectivity index (χ4n) is 10.2. The topological polar surface area (TPSA) is 207 Å². The second-order valence-electron chi connectivity index (χ2n) is 21.6. The van der Waals surface area contributed by atoms with Crippen LogP contribution >= 0.6 is 0 Å². The van der Waals surface area contributed by atoms with Gasteiger partial charge in [0.2, 0.25) is 5.91 Å². The zero-order valence-electron chi connectivity index (χ0n) is 44.9. The Morgan fingerprint density at radius 1 is 0.827 bits per heavy atom. The molecule has 81 heavy (non-hydrogen) atoms. The van der Waals surface area contributed by atoms with Crippen molar-refractivity contribution in [3.05, 3.63) is 101 Å². The Morgan fingerprint density at radius 2 is 1.43 bits per heavy atom. The zero-order valence-corrected chi connectivity index (χ0v) is 44.9. The van der Waals surface area contributed by atoms with Gasteiger partial charge in [0.1, 0.15) is 29.5 Å². The molecule has 3 saturated heterocycles. The summed E-state index contributed by atoms with van der Waals surface area (Å²) < 4.78 is 151. The molecule has 2 unspecified atom stereocenters. The number of fused-ring (bicyclic) bond motifs is 2. The van der Waals surface area contributed by atoms with E-state index in [1.807, 2.05) is 24.4 Å². The standard InChI is InChI=1S/C54H62F10N10O7/c1-29-32(13-16-44(67-29)72-22-35-14-15-36(23-72)74(35)37-27-81-28-37)12-11-30-7-9-31(10-8-30)17-41(68-47(77)46(69-49(78)65-6)52(4,5)54(62,63)64)42(75)25-71(26-43(76)45(70-50(79)80)51(2,3)53(59,60)61)24-38-39(55)18-33(19-40(38)56)34-20-66-73(21-34)48(57)58/h7-10,13,16,18-21,35-37,41-42,45-46,48,70,75H,14-15,17,22-28H2,1-6H3,(H,68,77)(H,79,80)(H2,65,69,78)/t35?,36?,41-,42-,45+,46+/m0/s1. The van der Waals surface area contributed by atoms with Crippen LogP contribution in [0, 0.1) is 41.2 Å². The minimum atomic E-state index is -5.24. The van der Waals surface area contributed by atoms with Crippen LogP contribution in [0.5, 0.6) is 0 Å². The first-order valence-electron chi connectivity index (χ1n) is 25.7. The number of ether oxygens (including phenoxy) is 1. The average molecular weight is 1150 g/mol. The maximum Gasteiger partial charge on any atom is 0.405 e. The van der Waals surface area contributed by atoms with Crippen LogP contribution in [0.15, 0.2) is 60.9 Å². The number of halogens is 10. The molecule has 3 aliphatic heterocycles. The Morgan fingerprint density at radius 3 is 1.95 bits per heavy atom. The molecule has 6 N–H and O–H groups in total. The summed E-state index contributed by atoms with van der Waals surface area (Å²) >= 11 is 0. The minimum Gasteiger partial charge on any atom is -0.465 e. The Balaban J connectivity index is 1.19. The third-order valence-corrected chi connectivity index (χ3v) is 15.3. The van der Waals surface area contributed by atoms with Crippen LogP contribution in [0.3, 0.4) is 0 Å². The van der Waals surface area contributed by atoms with Gasteiger partial charge in [-0.2, -0.15) is 40.2 Å². The summed E-state index contributed by atoms with van der Waals surface area (Å²) in [5.74, 6) is 1.20. The SMILES string of the molecule is CNC(=O)N[C@H](C(=O)N[C@@H](Cc1ccc(C#Cc2ccc(N3CC4CCC(C3)N4C3COC3)nc2C)cc1)[C@@H](O)CN(CC(=O)[C@@H](NC(=O)O)C(C)(C)C(F)(F)F)Cc1c(F)cc(-c2cnn(C(F)F)c2)cc1F)C(C)(C)C(F)(F)F. The lowest BCUT2D eigenvalue weighted by Gasteiger charge is -2.48. The molecule has 0 radical (unpaired) electrons. The Labute approximate surface area is 459 Å². The highest BCUT2D eigenvalue weighted by Gasteiger charge is 2.57. The first-order chi connectivity index (χ1) is 37.9. The molecule has 0 saturated carbocycles. The smallest absolute Gasteiger partial charge is 0.405 e. The number of nitrogens with zero attached hydrogens (tertiary/aromatic N) is 6. The van der Waals surface area contributed by atoms with E-state index in [1.165, 1.54) is 12.1 Å². The molecular formula is C54H62F10N10O7. The second kappa shape index (κ2) is 24.6. The number of Topliss-reactive ketones (excluding diaryl/α,β-unsaturated/α-hetero) is 1. The van der Waals surface area contributed by atoms with Gasteiger partial charge < -0.3 is 41.1 Å². The first kappa shape index (κ1) is 61.6. The third kappa shape index (κ3) is 14.2. The summed E-state index contributed by atoms with van der Waals surface area (Å²) in [6, 6.07) is 4.68. The van der Waals surface area contributed by atoms with E-state index in [-0.39, 0.29) is 15.8 Å². The lowest BCUT2D eigenvalue weighted by atomic mass is 9.81. The number of carbonyl (C=O) groups excluding carboxylic acids is 3. The molecular weight excluding hydrogens is 1090 g/mol. The van der Waals surface area contributed by atoms with E-state index < -0.39 is 121 Å². The second-order valence-corrected chi connectivity index (χ2v) is 21.6. The van der Waals surface area contributed by atoms with Gasteiger partial charge in [-0.1, -0.05) is 24.0 Å². The highest BCUT2D eigenvalue weighted by Crippen LogP contribution is 2.42. The van der Waals surface area contributed by atoms with Crippen molar-refractivity contribution in [1.82, 2.24) is 45.8 Å². The van der Waals surface area contributed by atoms with Crippen molar-refractivity contribution < 1.29 is 78.0 Å². The van der Waals surface area contributed by atoms with Gasteiger partial charge in [-0.3, -0.25) is 19.4 Å². The molecule has 5 heterocycles. The number of hydrogen-bond acceptors (Lipinski definition) is 11. The number of amides is 4. The number of carbonyl (C=O) groups is 4. The Hall–Kier alpha value is -7.02. The molecule has 2 aromatic heterocycles. The van der Waals surface area contributed by atoms with Crippen molar-refractivity contribution in [2.45, 2.75) is 122 Å². The number of benzene rings is 2. The predicted molar refractivity (Wildman–Crippen MR) is 274 cm³/mol. The number of aryl methyl sites for hydroxylation is 1. The fraction of sp³-hybridized carbons (Fsp3) is 0.519. The molecule has 4 aromatic rings. The number of aliphatic hydroxyl groups excluding tert-OH is 1. The van der Waals surface area contributed by atoms with Crippen LogP contribution in [0.25, 0.3) is 11.1 Å². The van der Waals surface area contributed by atoms with Gasteiger partial charge in [-0.15, -0.1) is 0 Å². The van der Waals surface area contributed by atoms with E-state index in [0.29, 0.717) is 80.3 Å². The van der Waals surface area contributed by atoms with E-state index in [0.717, 1.165) is 69.3 Å². The van der Waals surface area contributed by atoms with E-state index in [4.69, 9.17) is 9.72 Å². The molecule has 4 amide bonds. The number of aromatic nitrogens is 3. The Bertz CT molecular complexity index is 2960. The monoisotopic (exact) mass is 1150 g/mol. The summed E-state index contributed by atoms with van der Waals surface area (Å²) in [7, 11) is 1.07. The number of aliphatic hydroxyl groups is 1. The molecule has 0 aliphatic carbocycles. The van der Waals surface area contributed by atoms with Crippen molar-refractivity contribution in [3.8, 4) is 23.0 Å². The largest absolute Gasteiger partial charge is 0.465 e. The number of alkyl halides is 8. The molecule has 27 heteroatoms. The van der Waals surface area contributed by atoms with E-state index >= 15 is 8.78 Å². The third-order valence-electron chi connectivity index (χ3n) is 15.3. The Kier molecular flexibility index (Phi) is 18.7. The quantitative estimate of drug-likeness (QED) is 0.0393. The van der Waals surface area contributed by atoms with Gasteiger partial charge in [0.05, 0.1) is 60.7 Å². The molecule has 2 bridgehead atoms.